The molecule has 2 aromatic heterocycles. The van der Waals surface area contributed by atoms with Gasteiger partial charge >= 0.3 is 0 Å². The molecule has 9 heteroatoms. The molecule has 0 aliphatic rings. The first-order valence-electron chi connectivity index (χ1n) is 8.87. The van der Waals surface area contributed by atoms with E-state index in [0.717, 1.165) is 11.1 Å². The van der Waals surface area contributed by atoms with Crippen LogP contribution >= 0.6 is 0 Å². The molecular weight excluding hydrogens is 360 g/mol. The van der Waals surface area contributed by atoms with Gasteiger partial charge in [0.1, 0.15) is 19.0 Å². The third kappa shape index (κ3) is 5.58. The molecule has 0 spiro atoms. The van der Waals surface area contributed by atoms with E-state index in [2.05, 4.69) is 25.8 Å². The van der Waals surface area contributed by atoms with Crippen molar-refractivity contribution < 1.29 is 14.3 Å². The summed E-state index contributed by atoms with van der Waals surface area (Å²) in [6.07, 6.45) is 3.61. The Morgan fingerprint density at radius 3 is 2.68 bits per heavy atom. The number of nitrogens with one attached hydrogen (secondary N) is 1. The predicted molar refractivity (Wildman–Crippen MR) is 100 cm³/mol. The Bertz CT molecular complexity index is 840. The quantitative estimate of drug-likeness (QED) is 0.525. The molecule has 1 N–H and O–H groups in total. The lowest BCUT2D eigenvalue weighted by Gasteiger charge is -2.16. The van der Waals surface area contributed by atoms with Crippen LogP contribution in [0.15, 0.2) is 55.0 Å². The van der Waals surface area contributed by atoms with E-state index in [4.69, 9.17) is 9.47 Å². The largest absolute Gasteiger partial charge is 0.475 e. The first-order valence-corrected chi connectivity index (χ1v) is 8.87. The van der Waals surface area contributed by atoms with Crippen molar-refractivity contribution in [2.24, 2.45) is 0 Å². The van der Waals surface area contributed by atoms with Crippen LogP contribution in [0.5, 0.6) is 5.88 Å². The van der Waals surface area contributed by atoms with Crippen molar-refractivity contribution in [2.45, 2.75) is 19.0 Å². The van der Waals surface area contributed by atoms with Crippen molar-refractivity contribution in [3.8, 4) is 5.88 Å². The zero-order chi connectivity index (χ0) is 19.6. The van der Waals surface area contributed by atoms with E-state index < -0.39 is 6.04 Å². The van der Waals surface area contributed by atoms with Gasteiger partial charge in [-0.15, -0.1) is 5.10 Å². The molecule has 1 aromatic carbocycles. The molecule has 9 nitrogen and oxygen atoms in total. The number of pyridine rings is 1. The minimum absolute atomic E-state index is 0.170. The molecule has 0 saturated heterocycles. The number of aromatic nitrogens is 5. The van der Waals surface area contributed by atoms with Gasteiger partial charge in [-0.3, -0.25) is 4.79 Å². The molecule has 0 aliphatic carbocycles. The van der Waals surface area contributed by atoms with Gasteiger partial charge in [-0.25, -0.2) is 9.67 Å². The summed E-state index contributed by atoms with van der Waals surface area (Å²) in [7, 11) is 1.61. The number of carbonyl (C=O) groups excluding carboxylic acids is 1. The Hall–Kier alpha value is -3.33. The lowest BCUT2D eigenvalue weighted by molar-refractivity contribution is -0.124. The van der Waals surface area contributed by atoms with Crippen LogP contribution in [0, 0.1) is 0 Å². The van der Waals surface area contributed by atoms with Crippen molar-refractivity contribution in [1.29, 1.82) is 0 Å². The number of carbonyl (C=O) groups is 1. The summed E-state index contributed by atoms with van der Waals surface area (Å²) in [5.74, 6) is 0.347. The fraction of sp³-hybridized carbons (Fsp3) is 0.316. The molecule has 2 heterocycles. The molecule has 0 bridgehead atoms. The molecule has 28 heavy (non-hydrogen) atoms. The maximum Gasteiger partial charge on any atom is 0.245 e. The fourth-order valence-corrected chi connectivity index (χ4v) is 2.59. The van der Waals surface area contributed by atoms with Gasteiger partial charge in [0.2, 0.25) is 11.8 Å². The Morgan fingerprint density at radius 2 is 2.00 bits per heavy atom. The maximum atomic E-state index is 12.8. The number of hydrogen-bond acceptors (Lipinski definition) is 7. The molecule has 1 amide bonds. The number of amides is 1. The lowest BCUT2D eigenvalue weighted by atomic mass is 10.1. The summed E-state index contributed by atoms with van der Waals surface area (Å²) in [6.45, 7) is 1.28. The van der Waals surface area contributed by atoms with Crippen molar-refractivity contribution >= 4 is 5.91 Å². The van der Waals surface area contributed by atoms with E-state index >= 15 is 0 Å². The van der Waals surface area contributed by atoms with Gasteiger partial charge in [-0.05, 0) is 21.6 Å². The van der Waals surface area contributed by atoms with E-state index in [-0.39, 0.29) is 5.91 Å². The Labute approximate surface area is 162 Å². The zero-order valence-corrected chi connectivity index (χ0v) is 15.6. The second-order valence-electron chi connectivity index (χ2n) is 6.06. The molecule has 0 radical (unpaired) electrons. The summed E-state index contributed by atoms with van der Waals surface area (Å²) in [4.78, 5) is 17.0. The number of rotatable bonds is 10. The van der Waals surface area contributed by atoms with Gasteiger partial charge in [0, 0.05) is 32.3 Å². The van der Waals surface area contributed by atoms with Crippen LogP contribution in [0.2, 0.25) is 0 Å². The van der Waals surface area contributed by atoms with Crippen molar-refractivity contribution in [3.05, 3.63) is 66.1 Å². The van der Waals surface area contributed by atoms with Crippen molar-refractivity contribution in [1.82, 2.24) is 30.5 Å². The van der Waals surface area contributed by atoms with Crippen LogP contribution in [0.25, 0.3) is 0 Å². The minimum atomic E-state index is -0.540. The molecule has 1 atom stereocenters. The van der Waals surface area contributed by atoms with Gasteiger partial charge in [0.15, 0.2) is 0 Å². The molecular formula is C19H22N6O3. The maximum absolute atomic E-state index is 12.8. The highest BCUT2D eigenvalue weighted by atomic mass is 16.5. The van der Waals surface area contributed by atoms with Crippen molar-refractivity contribution in [3.63, 3.8) is 0 Å². The lowest BCUT2D eigenvalue weighted by Crippen LogP contribution is -2.34. The van der Waals surface area contributed by atoms with Crippen LogP contribution in [0.4, 0.5) is 0 Å². The van der Waals surface area contributed by atoms with Crippen LogP contribution < -0.4 is 10.1 Å². The first kappa shape index (κ1) is 19.4. The molecule has 3 rings (SSSR count). The number of benzene rings is 1. The number of hydrogen-bond donors (Lipinski definition) is 1. The highest BCUT2D eigenvalue weighted by Gasteiger charge is 2.22. The highest BCUT2D eigenvalue weighted by molar-refractivity contribution is 5.80. The summed E-state index contributed by atoms with van der Waals surface area (Å²) < 4.78 is 11.8. The minimum Gasteiger partial charge on any atom is -0.475 e. The highest BCUT2D eigenvalue weighted by Crippen LogP contribution is 2.14. The first-order chi connectivity index (χ1) is 13.8. The normalized spacial score (nSPS) is 11.8. The summed E-state index contributed by atoms with van der Waals surface area (Å²) in [5, 5.41) is 14.1. The average Bonchev–Trinajstić information content (AvgIpc) is 3.27. The van der Waals surface area contributed by atoms with Gasteiger partial charge in [-0.2, -0.15) is 0 Å². The summed E-state index contributed by atoms with van der Waals surface area (Å²) >= 11 is 0. The second-order valence-corrected chi connectivity index (χ2v) is 6.06. The van der Waals surface area contributed by atoms with Crippen molar-refractivity contribution in [2.75, 3.05) is 20.3 Å². The van der Waals surface area contributed by atoms with E-state index in [1.165, 1.54) is 11.0 Å². The summed E-state index contributed by atoms with van der Waals surface area (Å²) in [5.41, 5.74) is 1.89. The molecule has 0 aliphatic heterocycles. The summed E-state index contributed by atoms with van der Waals surface area (Å²) in [6, 6.07) is 12.8. The Kier molecular flexibility index (Phi) is 7.02. The number of nitrogens with zero attached hydrogens (tertiary/aromatic N) is 5. The molecule has 0 saturated carbocycles. The van der Waals surface area contributed by atoms with E-state index in [1.54, 1.807) is 19.4 Å². The monoisotopic (exact) mass is 382 g/mol. The predicted octanol–water partition coefficient (Wildman–Crippen LogP) is 1.19. The van der Waals surface area contributed by atoms with Gasteiger partial charge in [0.25, 0.3) is 0 Å². The van der Waals surface area contributed by atoms with Crippen LogP contribution in [0.3, 0.4) is 0 Å². The molecule has 0 fully saturated rings. The van der Waals surface area contributed by atoms with E-state index in [9.17, 15) is 4.79 Å². The van der Waals surface area contributed by atoms with E-state index in [1.807, 2.05) is 36.4 Å². The third-order valence-electron chi connectivity index (χ3n) is 4.06. The van der Waals surface area contributed by atoms with Crippen LogP contribution in [0.1, 0.15) is 17.2 Å². The smallest absolute Gasteiger partial charge is 0.245 e. The number of tetrazole rings is 1. The van der Waals surface area contributed by atoms with Gasteiger partial charge in [0.05, 0.1) is 6.61 Å². The zero-order valence-electron chi connectivity index (χ0n) is 15.6. The van der Waals surface area contributed by atoms with Crippen LogP contribution in [-0.4, -0.2) is 51.4 Å². The third-order valence-corrected chi connectivity index (χ3v) is 4.06. The van der Waals surface area contributed by atoms with Gasteiger partial charge < -0.3 is 14.8 Å². The Morgan fingerprint density at radius 1 is 1.14 bits per heavy atom. The second kappa shape index (κ2) is 10.1. The fourth-order valence-electron chi connectivity index (χ4n) is 2.59. The average molecular weight is 382 g/mol. The van der Waals surface area contributed by atoms with Crippen LogP contribution in [-0.2, 0) is 22.5 Å². The number of methoxy groups -OCH3 is 1. The standard InChI is InChI=1S/C19H22N6O3/c1-27-9-10-28-18-8-7-16(12-20-18)13-21-19(26)17(25-14-22-23-24-25)11-15-5-3-2-4-6-15/h2-8,12,14,17H,9-11,13H2,1H3,(H,21,26). The van der Waals surface area contributed by atoms with E-state index in [0.29, 0.717) is 32.1 Å². The van der Waals surface area contributed by atoms with Gasteiger partial charge in [-0.1, -0.05) is 36.4 Å². The molecule has 1 unspecified atom stereocenters. The topological polar surface area (TPSA) is 104 Å². The molecule has 146 valence electrons. The Balaban J connectivity index is 1.59. The molecule has 3 aromatic rings. The number of ether oxygens (including phenoxy) is 2. The SMILES string of the molecule is COCCOc1ccc(CNC(=O)C(Cc2ccccc2)n2cnnn2)cn1.